The van der Waals surface area contributed by atoms with Gasteiger partial charge < -0.3 is 60.3 Å². The van der Waals surface area contributed by atoms with E-state index in [4.69, 9.17) is 0 Å². The van der Waals surface area contributed by atoms with Crippen molar-refractivity contribution in [3.8, 4) is 0 Å². The van der Waals surface area contributed by atoms with Gasteiger partial charge in [0.15, 0.2) is 0 Å². The minimum absolute atomic E-state index is 0. The van der Waals surface area contributed by atoms with Gasteiger partial charge in [0, 0.05) is 17.9 Å². The average molecular weight is 1230 g/mol. The number of rotatable bonds is 12. The summed E-state index contributed by atoms with van der Waals surface area (Å²) in [6, 6.07) is 0. The summed E-state index contributed by atoms with van der Waals surface area (Å²) >= 11 is 0. The smallest absolute Gasteiger partial charge is 0.550 e. The number of carboxylic acid groups (broad SMARTS) is 3. The van der Waals surface area contributed by atoms with E-state index in [-0.39, 0.29) is 105 Å². The number of hydrogen-bond acceptors (Lipinski definition) is 12. The molecule has 12 nitrogen and oxygen atoms in total. The largest absolute Gasteiger partial charge is 3.00 e. The van der Waals surface area contributed by atoms with Gasteiger partial charge in [0.25, 0.3) is 0 Å². The monoisotopic (exact) mass is 1230 g/mol. The van der Waals surface area contributed by atoms with Gasteiger partial charge in [0.05, 0.1) is 36.6 Å². The Balaban J connectivity index is 0.000000152. The van der Waals surface area contributed by atoms with Crippen molar-refractivity contribution >= 4 is 17.9 Å². The molecule has 13 heteroatoms. The zero-order chi connectivity index (χ0) is 60.8. The molecular formula is C72H117FeO12. The first-order valence-electron chi connectivity index (χ1n) is 35.2. The van der Waals surface area contributed by atoms with Crippen LogP contribution in [0, 0.1) is 139 Å². The molecule has 485 valence electrons. The van der Waals surface area contributed by atoms with Crippen molar-refractivity contribution in [3.63, 3.8) is 0 Å². The van der Waals surface area contributed by atoms with Crippen molar-refractivity contribution in [2.45, 2.75) is 292 Å². The summed E-state index contributed by atoms with van der Waals surface area (Å²) in [5.41, 5.74) is 1.48. The minimum Gasteiger partial charge on any atom is -0.550 e. The third-order valence-electron chi connectivity index (χ3n) is 30.7. The second-order valence-electron chi connectivity index (χ2n) is 34.0. The van der Waals surface area contributed by atoms with Crippen LogP contribution in [-0.2, 0) is 31.5 Å². The summed E-state index contributed by atoms with van der Waals surface area (Å²) in [5, 5.41) is 97.1. The van der Waals surface area contributed by atoms with Crippen molar-refractivity contribution in [3.05, 3.63) is 0 Å². The van der Waals surface area contributed by atoms with Crippen molar-refractivity contribution < 1.29 is 77.4 Å². The predicted octanol–water partition coefficient (Wildman–Crippen LogP) is 9.43. The molecule has 0 aromatic rings. The van der Waals surface area contributed by atoms with Crippen LogP contribution in [0.1, 0.15) is 255 Å². The third kappa shape index (κ3) is 12.4. The summed E-state index contributed by atoms with van der Waals surface area (Å²) in [4.78, 5) is 32.8. The van der Waals surface area contributed by atoms with Crippen LogP contribution in [-0.4, -0.2) is 85.2 Å². The van der Waals surface area contributed by atoms with E-state index in [0.29, 0.717) is 126 Å². The number of fused-ring (bicyclic) bond motifs is 15. The van der Waals surface area contributed by atoms with Crippen LogP contribution >= 0.6 is 0 Å². The normalized spacial score (nSPS) is 51.1. The molecule has 0 aromatic heterocycles. The zero-order valence-corrected chi connectivity index (χ0v) is 55.2. The number of carbonyl (C=O) groups excluding carboxylic acids is 3. The van der Waals surface area contributed by atoms with Gasteiger partial charge in [-0.25, -0.2) is 0 Å². The Morgan fingerprint density at radius 2 is 0.576 bits per heavy atom. The quantitative estimate of drug-likeness (QED) is 0.100. The topological polar surface area (TPSA) is 242 Å². The van der Waals surface area contributed by atoms with E-state index in [2.05, 4.69) is 62.3 Å². The van der Waals surface area contributed by atoms with Crippen LogP contribution in [0.3, 0.4) is 0 Å². The summed E-state index contributed by atoms with van der Waals surface area (Å²) in [6.07, 6.45) is 26.7. The first-order valence-corrected chi connectivity index (χ1v) is 35.2. The Kier molecular flexibility index (Phi) is 20.8. The molecule has 85 heavy (non-hydrogen) atoms. The van der Waals surface area contributed by atoms with Gasteiger partial charge in [-0.3, -0.25) is 0 Å². The second kappa shape index (κ2) is 26.0. The molecular weight excluding hydrogens is 1110 g/mol. The van der Waals surface area contributed by atoms with Crippen LogP contribution in [0.25, 0.3) is 0 Å². The van der Waals surface area contributed by atoms with E-state index in [0.717, 1.165) is 77.0 Å². The van der Waals surface area contributed by atoms with E-state index in [1.807, 2.05) is 0 Å². The fourth-order valence-corrected chi connectivity index (χ4v) is 26.2. The number of aliphatic carboxylic acids is 3. The molecule has 12 aliphatic rings. The van der Waals surface area contributed by atoms with Crippen molar-refractivity contribution in [2.24, 2.45) is 139 Å². The maximum absolute atomic E-state index is 11.2. The Hall–Kier alpha value is -1.31. The summed E-state index contributed by atoms with van der Waals surface area (Å²) in [7, 11) is 0. The summed E-state index contributed by atoms with van der Waals surface area (Å²) in [5.74, 6) is 5.98. The number of aliphatic hydroxyl groups is 6. The molecule has 0 heterocycles. The Morgan fingerprint density at radius 3 is 0.812 bits per heavy atom. The zero-order valence-electron chi connectivity index (χ0n) is 54.1. The Bertz CT molecular complexity index is 2070. The maximum Gasteiger partial charge on any atom is 3.00 e. The third-order valence-corrected chi connectivity index (χ3v) is 30.7. The van der Waals surface area contributed by atoms with Crippen molar-refractivity contribution in [1.82, 2.24) is 0 Å². The molecule has 0 amide bonds. The van der Waals surface area contributed by atoms with Gasteiger partial charge in [0.1, 0.15) is 0 Å². The Morgan fingerprint density at radius 1 is 0.353 bits per heavy atom. The maximum atomic E-state index is 11.2. The molecule has 6 N–H and O–H groups in total. The van der Waals surface area contributed by atoms with Gasteiger partial charge in [0.2, 0.25) is 0 Å². The van der Waals surface area contributed by atoms with E-state index >= 15 is 0 Å². The van der Waals surface area contributed by atoms with E-state index in [1.54, 1.807) is 0 Å². The molecule has 12 saturated carbocycles. The number of aliphatic hydroxyl groups excluding tert-OH is 6. The number of hydrogen-bond donors (Lipinski definition) is 6. The second-order valence-corrected chi connectivity index (χ2v) is 34.0. The van der Waals surface area contributed by atoms with Crippen LogP contribution in [0.5, 0.6) is 0 Å². The van der Waals surface area contributed by atoms with Gasteiger partial charge in [-0.05, 0) is 332 Å². The SMILES string of the molecule is CC(CCC(=O)[O-])[C@H]1CC[C@H]2C3C(O)C[C@@H]4C[C@H](O)CC[C@]4(C)[C@H]3CC[C@]12C.CC(CCC(=O)[O-])[C@H]1CC[C@H]2C3C(O)C[C@@H]4C[C@H](O)CC[C@]4(C)[C@H]3CC[C@]12C.CC(CCC(=O)[O-])[C@H]1CC[C@H]2C3C(O)C[C@@H]4C[C@H](O)CC[C@]4(C)[C@H]3CC[C@]12C.[Fe+3]. The average Bonchev–Trinajstić information content (AvgIpc) is 2.18. The fourth-order valence-electron chi connectivity index (χ4n) is 26.2. The van der Waals surface area contributed by atoms with Gasteiger partial charge in [-0.1, -0.05) is 62.3 Å². The predicted molar refractivity (Wildman–Crippen MR) is 318 cm³/mol. The summed E-state index contributed by atoms with van der Waals surface area (Å²) in [6.45, 7) is 21.3. The molecule has 0 aliphatic heterocycles. The van der Waals surface area contributed by atoms with Gasteiger partial charge >= 0.3 is 17.1 Å². The standard InChI is InChI=1S/3C24H40O4.Fe/c3*1-14(4-7-21(27)28)17-5-6-18-22-19(9-11-24(17,18)3)23(2)10-8-16(25)12-15(23)13-20(22)26;/h3*14-20,22,25-26H,4-13H2,1-3H3,(H,27,28);/q;;;+3/p-3/t3*14?,15-,16+,17+,18-,19-,20?,22?,23-,24+;/m000./s1. The molecule has 12 fully saturated rings. The molecule has 0 aromatic carbocycles. The number of carbonyl (C=O) groups is 3. The summed E-state index contributed by atoms with van der Waals surface area (Å²) < 4.78 is 0. The van der Waals surface area contributed by atoms with Crippen LogP contribution < -0.4 is 15.3 Å². The number of carboxylic acids is 3. The molecule has 0 spiro atoms. The molecule has 12 rings (SSSR count). The first-order chi connectivity index (χ1) is 39.5. The van der Waals surface area contributed by atoms with Crippen LogP contribution in [0.15, 0.2) is 0 Å². The molecule has 9 unspecified atom stereocenters. The first kappa shape index (κ1) is 68.1. The van der Waals surface area contributed by atoms with Crippen LogP contribution in [0.4, 0.5) is 0 Å². The van der Waals surface area contributed by atoms with E-state index < -0.39 is 17.9 Å². The molecule has 1 radical (unpaired) electrons. The van der Waals surface area contributed by atoms with Crippen molar-refractivity contribution in [1.29, 1.82) is 0 Å². The van der Waals surface area contributed by atoms with Crippen LogP contribution in [0.2, 0.25) is 0 Å². The van der Waals surface area contributed by atoms with Gasteiger partial charge in [-0.2, -0.15) is 0 Å². The molecule has 12 aliphatic carbocycles. The fraction of sp³-hybridized carbons (Fsp3) is 0.958. The van der Waals surface area contributed by atoms with E-state index in [1.165, 1.54) is 77.0 Å². The van der Waals surface area contributed by atoms with E-state index in [9.17, 15) is 60.3 Å². The van der Waals surface area contributed by atoms with Gasteiger partial charge in [-0.15, -0.1) is 0 Å². The molecule has 30 atom stereocenters. The minimum atomic E-state index is -0.934. The molecule has 0 saturated heterocycles. The van der Waals surface area contributed by atoms with Crippen molar-refractivity contribution in [2.75, 3.05) is 0 Å². The molecule has 0 bridgehead atoms. The Labute approximate surface area is 523 Å².